The van der Waals surface area contributed by atoms with Crippen LogP contribution in [0.2, 0.25) is 0 Å². The first kappa shape index (κ1) is 23.4. The van der Waals surface area contributed by atoms with E-state index in [1.165, 1.54) is 6.08 Å². The predicted octanol–water partition coefficient (Wildman–Crippen LogP) is 4.03. The number of halogens is 3. The molecule has 1 amide bonds. The molecule has 1 unspecified atom stereocenters. The number of para-hydroxylation sites is 1. The summed E-state index contributed by atoms with van der Waals surface area (Å²) in [6, 6.07) is 16.7. The van der Waals surface area contributed by atoms with Gasteiger partial charge in [-0.25, -0.2) is 0 Å². The number of thiocarbonyl (C=S) groups is 1. The van der Waals surface area contributed by atoms with Gasteiger partial charge in [0.15, 0.2) is 5.11 Å². The Bertz CT molecular complexity index is 858. The third kappa shape index (κ3) is 8.20. The molecule has 4 N–H and O–H groups in total. The van der Waals surface area contributed by atoms with Gasteiger partial charge in [-0.2, -0.15) is 0 Å². The summed E-state index contributed by atoms with van der Waals surface area (Å²) in [4.78, 5) is 12.2. The van der Waals surface area contributed by atoms with Crippen molar-refractivity contribution in [3.8, 4) is 0 Å². The average molecular weight is 473 g/mol. The summed E-state index contributed by atoms with van der Waals surface area (Å²) < 4.78 is -1.85. The maximum absolute atomic E-state index is 12.2. The summed E-state index contributed by atoms with van der Waals surface area (Å²) in [5.74, 6) is -0.457. The molecule has 0 heterocycles. The number of carbonyl (C=O) groups is 1. The topological polar surface area (TPSA) is 73.4 Å². The van der Waals surface area contributed by atoms with E-state index < -0.39 is 15.9 Å². The molecule has 0 aliphatic rings. The summed E-state index contributed by atoms with van der Waals surface area (Å²) >= 11 is 23.3. The molecular formula is C20H20Cl3N3O2S. The molecule has 9 heteroatoms. The van der Waals surface area contributed by atoms with E-state index in [9.17, 15) is 9.90 Å². The zero-order chi connectivity index (χ0) is 21.3. The molecule has 0 radical (unpaired) electrons. The SMILES string of the molecule is O=C(/C=C/c1ccccc1)NC(NC(=S)Nc1ccccc1CCO)C(Cl)(Cl)Cl. The van der Waals surface area contributed by atoms with Crippen molar-refractivity contribution >= 4 is 69.8 Å². The maximum Gasteiger partial charge on any atom is 0.245 e. The number of hydrogen-bond donors (Lipinski definition) is 4. The molecular weight excluding hydrogens is 453 g/mol. The summed E-state index contributed by atoms with van der Waals surface area (Å²) in [7, 11) is 0. The van der Waals surface area contributed by atoms with Gasteiger partial charge < -0.3 is 21.1 Å². The minimum Gasteiger partial charge on any atom is -0.396 e. The number of hydrogen-bond acceptors (Lipinski definition) is 3. The van der Waals surface area contributed by atoms with Gasteiger partial charge in [0, 0.05) is 18.4 Å². The van der Waals surface area contributed by atoms with Crippen LogP contribution in [0.25, 0.3) is 6.08 Å². The van der Waals surface area contributed by atoms with Crippen LogP contribution in [0.5, 0.6) is 0 Å². The molecule has 154 valence electrons. The first-order valence-electron chi connectivity index (χ1n) is 8.66. The van der Waals surface area contributed by atoms with Crippen LogP contribution in [-0.2, 0) is 11.2 Å². The van der Waals surface area contributed by atoms with Gasteiger partial charge in [-0.3, -0.25) is 4.79 Å². The molecule has 0 saturated carbocycles. The Hall–Kier alpha value is -1.83. The molecule has 5 nitrogen and oxygen atoms in total. The van der Waals surface area contributed by atoms with Crippen LogP contribution in [-0.4, -0.2) is 32.7 Å². The monoisotopic (exact) mass is 471 g/mol. The van der Waals surface area contributed by atoms with Gasteiger partial charge in [-0.1, -0.05) is 83.3 Å². The second kappa shape index (κ2) is 11.4. The second-order valence-corrected chi connectivity index (χ2v) is 8.73. The van der Waals surface area contributed by atoms with Gasteiger partial charge in [0.25, 0.3) is 0 Å². The number of alkyl halides is 3. The van der Waals surface area contributed by atoms with Crippen molar-refractivity contribution in [2.24, 2.45) is 0 Å². The summed E-state index contributed by atoms with van der Waals surface area (Å²) in [5, 5.41) is 17.7. The van der Waals surface area contributed by atoms with Crippen LogP contribution in [0.15, 0.2) is 60.7 Å². The van der Waals surface area contributed by atoms with E-state index in [4.69, 9.17) is 47.0 Å². The van der Waals surface area contributed by atoms with E-state index >= 15 is 0 Å². The second-order valence-electron chi connectivity index (χ2n) is 5.96. The van der Waals surface area contributed by atoms with Crippen LogP contribution in [0, 0.1) is 0 Å². The average Bonchev–Trinajstić information content (AvgIpc) is 2.68. The van der Waals surface area contributed by atoms with E-state index in [-0.39, 0.29) is 11.7 Å². The molecule has 0 fully saturated rings. The largest absolute Gasteiger partial charge is 0.396 e. The van der Waals surface area contributed by atoms with Crippen LogP contribution in [0.3, 0.4) is 0 Å². The van der Waals surface area contributed by atoms with E-state index in [0.29, 0.717) is 12.1 Å². The third-order valence-corrected chi connectivity index (χ3v) is 4.64. The van der Waals surface area contributed by atoms with E-state index in [1.54, 1.807) is 6.08 Å². The number of benzene rings is 2. The number of anilines is 1. The summed E-state index contributed by atoms with van der Waals surface area (Å²) in [6.45, 7) is -0.000529. The Morgan fingerprint density at radius 1 is 1.07 bits per heavy atom. The molecule has 29 heavy (non-hydrogen) atoms. The molecule has 1 atom stereocenters. The fourth-order valence-corrected chi connectivity index (χ4v) is 2.95. The highest BCUT2D eigenvalue weighted by atomic mass is 35.6. The van der Waals surface area contributed by atoms with E-state index in [0.717, 1.165) is 11.1 Å². The van der Waals surface area contributed by atoms with Gasteiger partial charge >= 0.3 is 0 Å². The lowest BCUT2D eigenvalue weighted by atomic mass is 10.1. The van der Waals surface area contributed by atoms with Crippen LogP contribution >= 0.6 is 47.0 Å². The summed E-state index contributed by atoms with van der Waals surface area (Å²) in [5.41, 5.74) is 2.44. The molecule has 0 aliphatic heterocycles. The van der Waals surface area contributed by atoms with Crippen molar-refractivity contribution in [3.05, 3.63) is 71.8 Å². The standard InChI is InChI=1S/C20H20Cl3N3O2S/c21-20(22,23)18(25-17(28)11-10-14-6-2-1-3-7-14)26-19(29)24-16-9-5-4-8-15(16)12-13-27/h1-11,18,27H,12-13H2,(H,25,28)(H2,24,26,29)/b11-10+. The van der Waals surface area contributed by atoms with Gasteiger partial charge in [0.1, 0.15) is 6.17 Å². The number of amides is 1. The van der Waals surface area contributed by atoms with Crippen LogP contribution < -0.4 is 16.0 Å². The van der Waals surface area contributed by atoms with E-state index in [1.807, 2.05) is 54.6 Å². The zero-order valence-electron chi connectivity index (χ0n) is 15.2. The van der Waals surface area contributed by atoms with Gasteiger partial charge in [0.2, 0.25) is 9.70 Å². The quantitative estimate of drug-likeness (QED) is 0.212. The first-order chi connectivity index (χ1) is 13.8. The van der Waals surface area contributed by atoms with Crippen molar-refractivity contribution in [3.63, 3.8) is 0 Å². The smallest absolute Gasteiger partial charge is 0.245 e. The number of rotatable bonds is 7. The Morgan fingerprint density at radius 2 is 1.72 bits per heavy atom. The normalized spacial score (nSPS) is 12.4. The van der Waals surface area contributed by atoms with Gasteiger partial charge in [-0.05, 0) is 41.9 Å². The van der Waals surface area contributed by atoms with Crippen molar-refractivity contribution in [2.45, 2.75) is 16.4 Å². The molecule has 0 aliphatic carbocycles. The van der Waals surface area contributed by atoms with Crippen molar-refractivity contribution in [1.29, 1.82) is 0 Å². The minimum absolute atomic E-state index is 0.000529. The summed E-state index contributed by atoms with van der Waals surface area (Å²) in [6.07, 6.45) is 2.37. The fraction of sp³-hybridized carbons (Fsp3) is 0.200. The Morgan fingerprint density at radius 3 is 2.38 bits per heavy atom. The molecule has 0 bridgehead atoms. The molecule has 2 rings (SSSR count). The van der Waals surface area contributed by atoms with Crippen molar-refractivity contribution < 1.29 is 9.90 Å². The van der Waals surface area contributed by atoms with Crippen molar-refractivity contribution in [1.82, 2.24) is 10.6 Å². The van der Waals surface area contributed by atoms with E-state index in [2.05, 4.69) is 16.0 Å². The highest BCUT2D eigenvalue weighted by Gasteiger charge is 2.34. The van der Waals surface area contributed by atoms with Gasteiger partial charge in [0.05, 0.1) is 0 Å². The minimum atomic E-state index is -1.85. The van der Waals surface area contributed by atoms with Crippen LogP contribution in [0.1, 0.15) is 11.1 Å². The Balaban J connectivity index is 2.02. The number of aliphatic hydroxyl groups is 1. The lowest BCUT2D eigenvalue weighted by Gasteiger charge is -2.27. The highest BCUT2D eigenvalue weighted by Crippen LogP contribution is 2.29. The molecule has 0 saturated heterocycles. The van der Waals surface area contributed by atoms with Crippen molar-refractivity contribution in [2.75, 3.05) is 11.9 Å². The number of aliphatic hydroxyl groups excluding tert-OH is 1. The maximum atomic E-state index is 12.2. The number of carbonyl (C=O) groups excluding carboxylic acids is 1. The Labute approximate surface area is 190 Å². The lowest BCUT2D eigenvalue weighted by Crippen LogP contribution is -2.55. The predicted molar refractivity (Wildman–Crippen MR) is 124 cm³/mol. The lowest BCUT2D eigenvalue weighted by molar-refractivity contribution is -0.117. The zero-order valence-corrected chi connectivity index (χ0v) is 18.3. The first-order valence-corrected chi connectivity index (χ1v) is 10.2. The molecule has 2 aromatic carbocycles. The fourth-order valence-electron chi connectivity index (χ4n) is 2.40. The van der Waals surface area contributed by atoms with Crippen LogP contribution in [0.4, 0.5) is 5.69 Å². The highest BCUT2D eigenvalue weighted by molar-refractivity contribution is 7.80. The molecule has 0 spiro atoms. The number of nitrogens with one attached hydrogen (secondary N) is 3. The molecule has 2 aromatic rings. The Kier molecular flexibility index (Phi) is 9.20. The molecule has 0 aromatic heterocycles. The third-order valence-electron chi connectivity index (χ3n) is 3.76. The van der Waals surface area contributed by atoms with Gasteiger partial charge in [-0.15, -0.1) is 0 Å².